The maximum atomic E-state index is 12.3. The molecule has 1 N–H and O–H groups in total. The molecule has 1 amide bonds. The number of anilines is 1. The third-order valence-corrected chi connectivity index (χ3v) is 4.02. The Morgan fingerprint density at radius 2 is 2.19 bits per heavy atom. The smallest absolute Gasteiger partial charge is 0.241 e. The highest BCUT2D eigenvalue weighted by Crippen LogP contribution is 2.17. The first kappa shape index (κ1) is 15.5. The number of carbonyl (C=O) groups is 1. The van der Waals surface area contributed by atoms with Gasteiger partial charge < -0.3 is 10.1 Å². The summed E-state index contributed by atoms with van der Waals surface area (Å²) in [6, 6.07) is 9.18. The number of nitriles is 1. The lowest BCUT2D eigenvalue weighted by molar-refractivity contribution is -0.121. The van der Waals surface area contributed by atoms with Crippen LogP contribution in [0.15, 0.2) is 24.3 Å². The summed E-state index contributed by atoms with van der Waals surface area (Å²) in [6.45, 7) is 3.42. The summed E-state index contributed by atoms with van der Waals surface area (Å²) in [5.41, 5.74) is 1.20. The van der Waals surface area contributed by atoms with Crippen molar-refractivity contribution in [1.82, 2.24) is 4.90 Å². The maximum Gasteiger partial charge on any atom is 0.241 e. The van der Waals surface area contributed by atoms with E-state index in [4.69, 9.17) is 10.00 Å². The van der Waals surface area contributed by atoms with Crippen molar-refractivity contribution >= 4 is 11.6 Å². The van der Waals surface area contributed by atoms with Crippen molar-refractivity contribution in [3.8, 4) is 6.07 Å². The molecule has 1 atom stereocenters. The van der Waals surface area contributed by atoms with Crippen LogP contribution in [-0.2, 0) is 9.53 Å². The van der Waals surface area contributed by atoms with E-state index in [1.165, 1.54) is 0 Å². The minimum Gasteiger partial charge on any atom is -0.381 e. The van der Waals surface area contributed by atoms with Crippen molar-refractivity contribution in [2.24, 2.45) is 0 Å². The van der Waals surface area contributed by atoms with Crippen molar-refractivity contribution in [2.45, 2.75) is 31.8 Å². The van der Waals surface area contributed by atoms with Crippen LogP contribution in [0, 0.1) is 11.3 Å². The zero-order chi connectivity index (χ0) is 15.2. The van der Waals surface area contributed by atoms with E-state index in [2.05, 4.69) is 16.3 Å². The van der Waals surface area contributed by atoms with Crippen molar-refractivity contribution < 1.29 is 9.53 Å². The minimum absolute atomic E-state index is 0.0564. The first-order valence-corrected chi connectivity index (χ1v) is 7.22. The summed E-state index contributed by atoms with van der Waals surface area (Å²) in [6.07, 6.45) is 1.91. The quantitative estimate of drug-likeness (QED) is 0.920. The van der Waals surface area contributed by atoms with Crippen LogP contribution in [0.25, 0.3) is 0 Å². The topological polar surface area (TPSA) is 65.4 Å². The van der Waals surface area contributed by atoms with Gasteiger partial charge in [0.2, 0.25) is 5.91 Å². The molecule has 1 aliphatic heterocycles. The Hall–Kier alpha value is -1.90. The second-order valence-electron chi connectivity index (χ2n) is 5.37. The molecule has 1 aliphatic rings. The standard InChI is InChI=1S/C16H21N3O2/c1-12(19(2)15-6-8-21-9-7-15)16(20)18-14-5-3-4-13(10-14)11-17/h3-5,10,12,15H,6-9H2,1-2H3,(H,18,20). The predicted molar refractivity (Wildman–Crippen MR) is 80.9 cm³/mol. The first-order valence-electron chi connectivity index (χ1n) is 7.22. The molecule has 5 heteroatoms. The monoisotopic (exact) mass is 287 g/mol. The van der Waals surface area contributed by atoms with Gasteiger partial charge in [-0.05, 0) is 45.0 Å². The lowest BCUT2D eigenvalue weighted by Gasteiger charge is -2.34. The molecule has 1 aromatic rings. The van der Waals surface area contributed by atoms with Crippen LogP contribution >= 0.6 is 0 Å². The number of ether oxygens (including phenoxy) is 1. The fraction of sp³-hybridized carbons (Fsp3) is 0.500. The van der Waals surface area contributed by atoms with Crippen molar-refractivity contribution in [3.63, 3.8) is 0 Å². The fourth-order valence-electron chi connectivity index (χ4n) is 2.51. The number of carbonyl (C=O) groups excluding carboxylic acids is 1. The third-order valence-electron chi connectivity index (χ3n) is 4.02. The molecule has 1 fully saturated rings. The average molecular weight is 287 g/mol. The highest BCUT2D eigenvalue weighted by atomic mass is 16.5. The number of hydrogen-bond acceptors (Lipinski definition) is 4. The Morgan fingerprint density at radius 1 is 1.48 bits per heavy atom. The molecular formula is C16H21N3O2. The third kappa shape index (κ3) is 4.03. The molecular weight excluding hydrogens is 266 g/mol. The van der Waals surface area contributed by atoms with Crippen LogP contribution in [0.3, 0.4) is 0 Å². The zero-order valence-electron chi connectivity index (χ0n) is 12.5. The van der Waals surface area contributed by atoms with Crippen LogP contribution in [0.1, 0.15) is 25.3 Å². The number of nitrogens with zero attached hydrogens (tertiary/aromatic N) is 2. The Kier molecular flexibility index (Phi) is 5.32. The molecule has 112 valence electrons. The van der Waals surface area contributed by atoms with Gasteiger partial charge in [-0.2, -0.15) is 5.26 Å². The van der Waals surface area contributed by atoms with Gasteiger partial charge in [0.1, 0.15) is 0 Å². The second-order valence-corrected chi connectivity index (χ2v) is 5.37. The highest BCUT2D eigenvalue weighted by molar-refractivity contribution is 5.94. The van der Waals surface area contributed by atoms with E-state index in [1.807, 2.05) is 14.0 Å². The van der Waals surface area contributed by atoms with Crippen LogP contribution in [-0.4, -0.2) is 43.2 Å². The molecule has 5 nitrogen and oxygen atoms in total. The Bertz CT molecular complexity index is 533. The second kappa shape index (κ2) is 7.21. The van der Waals surface area contributed by atoms with Gasteiger partial charge >= 0.3 is 0 Å². The predicted octanol–water partition coefficient (Wildman–Crippen LogP) is 2.00. The number of nitrogens with one attached hydrogen (secondary N) is 1. The lowest BCUT2D eigenvalue weighted by atomic mass is 10.1. The number of amides is 1. The molecule has 21 heavy (non-hydrogen) atoms. The minimum atomic E-state index is -0.223. The summed E-state index contributed by atoms with van der Waals surface area (Å²) < 4.78 is 5.35. The number of hydrogen-bond donors (Lipinski definition) is 1. The summed E-state index contributed by atoms with van der Waals surface area (Å²) in [7, 11) is 1.98. The van der Waals surface area contributed by atoms with Gasteiger partial charge in [-0.3, -0.25) is 9.69 Å². The maximum absolute atomic E-state index is 12.3. The van der Waals surface area contributed by atoms with Crippen LogP contribution in [0.4, 0.5) is 5.69 Å². The Morgan fingerprint density at radius 3 is 2.86 bits per heavy atom. The van der Waals surface area contributed by atoms with Crippen LogP contribution in [0.2, 0.25) is 0 Å². The van der Waals surface area contributed by atoms with Crippen LogP contribution in [0.5, 0.6) is 0 Å². The number of likely N-dealkylation sites (N-methyl/N-ethyl adjacent to an activating group) is 1. The average Bonchev–Trinajstić information content (AvgIpc) is 2.54. The highest BCUT2D eigenvalue weighted by Gasteiger charge is 2.26. The normalized spacial score (nSPS) is 17.2. The largest absolute Gasteiger partial charge is 0.381 e. The van der Waals surface area contributed by atoms with Crippen molar-refractivity contribution in [3.05, 3.63) is 29.8 Å². The molecule has 1 heterocycles. The number of benzene rings is 1. The Balaban J connectivity index is 1.96. The van der Waals surface area contributed by atoms with E-state index in [-0.39, 0.29) is 11.9 Å². The summed E-state index contributed by atoms with van der Waals surface area (Å²) in [4.78, 5) is 14.4. The van der Waals surface area contributed by atoms with E-state index in [1.54, 1.807) is 24.3 Å². The van der Waals surface area contributed by atoms with E-state index >= 15 is 0 Å². The molecule has 0 saturated carbocycles. The van der Waals surface area contributed by atoms with Gasteiger partial charge in [0.25, 0.3) is 0 Å². The molecule has 1 saturated heterocycles. The molecule has 2 rings (SSSR count). The van der Waals surface area contributed by atoms with Crippen molar-refractivity contribution in [1.29, 1.82) is 5.26 Å². The fourth-order valence-corrected chi connectivity index (χ4v) is 2.51. The summed E-state index contributed by atoms with van der Waals surface area (Å²) in [5.74, 6) is -0.0564. The number of rotatable bonds is 4. The molecule has 0 bridgehead atoms. The van der Waals surface area contributed by atoms with Gasteiger partial charge in [-0.1, -0.05) is 6.07 Å². The van der Waals surface area contributed by atoms with Gasteiger partial charge in [0, 0.05) is 24.9 Å². The molecule has 0 aromatic heterocycles. The first-order chi connectivity index (χ1) is 10.1. The molecule has 0 radical (unpaired) electrons. The summed E-state index contributed by atoms with van der Waals surface area (Å²) >= 11 is 0. The Labute approximate surface area is 125 Å². The molecule has 1 aromatic carbocycles. The van der Waals surface area contributed by atoms with Gasteiger partial charge in [0.05, 0.1) is 17.7 Å². The zero-order valence-corrected chi connectivity index (χ0v) is 12.5. The van der Waals surface area contributed by atoms with E-state index in [0.29, 0.717) is 17.3 Å². The van der Waals surface area contributed by atoms with Gasteiger partial charge in [0.15, 0.2) is 0 Å². The molecule has 1 unspecified atom stereocenters. The van der Waals surface area contributed by atoms with E-state index in [9.17, 15) is 4.79 Å². The van der Waals surface area contributed by atoms with E-state index < -0.39 is 0 Å². The van der Waals surface area contributed by atoms with Crippen LogP contribution < -0.4 is 5.32 Å². The molecule has 0 aliphatic carbocycles. The van der Waals surface area contributed by atoms with E-state index in [0.717, 1.165) is 26.1 Å². The van der Waals surface area contributed by atoms with Gasteiger partial charge in [-0.15, -0.1) is 0 Å². The van der Waals surface area contributed by atoms with Gasteiger partial charge in [-0.25, -0.2) is 0 Å². The van der Waals surface area contributed by atoms with Crippen molar-refractivity contribution in [2.75, 3.05) is 25.6 Å². The lowest BCUT2D eigenvalue weighted by Crippen LogP contribution is -2.47. The summed E-state index contributed by atoms with van der Waals surface area (Å²) in [5, 5.41) is 11.8. The SMILES string of the molecule is CC(C(=O)Nc1cccc(C#N)c1)N(C)C1CCOCC1. The molecule has 0 spiro atoms.